The van der Waals surface area contributed by atoms with E-state index >= 15 is 0 Å². The molecule has 0 aliphatic heterocycles. The first-order chi connectivity index (χ1) is 7.22. The minimum Gasteiger partial charge on any atom is -0.293 e. The molecular weight excluding hydrogens is 320 g/mol. The van der Waals surface area contributed by atoms with Gasteiger partial charge in [-0.2, -0.15) is 0 Å². The van der Waals surface area contributed by atoms with Gasteiger partial charge in [0, 0.05) is 10.0 Å². The van der Waals surface area contributed by atoms with E-state index < -0.39 is 0 Å². The van der Waals surface area contributed by atoms with Crippen LogP contribution in [-0.2, 0) is 0 Å². The zero-order chi connectivity index (χ0) is 10.8. The number of carbonyl (C=O) groups excluding carboxylic acids is 1. The van der Waals surface area contributed by atoms with Crippen molar-refractivity contribution in [3.05, 3.63) is 46.4 Å². The highest BCUT2D eigenvalue weighted by atomic mass is 79.9. The van der Waals surface area contributed by atoms with Crippen LogP contribution in [0.5, 0.6) is 0 Å². The average Bonchev–Trinajstić information content (AvgIpc) is 2.28. The Morgan fingerprint density at radius 2 is 2.00 bits per heavy atom. The molecule has 0 amide bonds. The molecule has 0 N–H and O–H groups in total. The molecule has 0 atom stereocenters. The smallest absolute Gasteiger partial charge is 0.173 e. The van der Waals surface area contributed by atoms with Crippen molar-refractivity contribution in [3.63, 3.8) is 0 Å². The zero-order valence-corrected chi connectivity index (χ0v) is 11.0. The number of benzene rings is 2. The third kappa shape index (κ3) is 2.13. The molecule has 0 bridgehead atoms. The van der Waals surface area contributed by atoms with Crippen molar-refractivity contribution in [3.8, 4) is 0 Å². The Balaban J connectivity index is 2.62. The molecule has 0 spiro atoms. The molecular formula is C12H8Br2O. The summed E-state index contributed by atoms with van der Waals surface area (Å²) in [5, 5.41) is 2.58. The molecule has 0 saturated heterocycles. The Kier molecular flexibility index (Phi) is 3.22. The zero-order valence-electron chi connectivity index (χ0n) is 7.84. The molecule has 2 rings (SSSR count). The Bertz CT molecular complexity index is 520. The minimum absolute atomic E-state index is 0.108. The lowest BCUT2D eigenvalue weighted by molar-refractivity contribution is 0.102. The second-order valence-corrected chi connectivity index (χ2v) is 4.65. The number of ketones is 1. The topological polar surface area (TPSA) is 17.1 Å². The standard InChI is InChI=1S/C12H8Br2O/c13-7-12(15)9-4-5-10-8(6-9)2-1-3-11(10)14/h1-6H,7H2. The van der Waals surface area contributed by atoms with E-state index in [1.165, 1.54) is 0 Å². The van der Waals surface area contributed by atoms with Gasteiger partial charge >= 0.3 is 0 Å². The van der Waals surface area contributed by atoms with E-state index in [-0.39, 0.29) is 5.78 Å². The highest BCUT2D eigenvalue weighted by molar-refractivity contribution is 9.10. The lowest BCUT2D eigenvalue weighted by Crippen LogP contribution is -1.99. The number of rotatable bonds is 2. The lowest BCUT2D eigenvalue weighted by atomic mass is 10.1. The van der Waals surface area contributed by atoms with Gasteiger partial charge in [-0.15, -0.1) is 0 Å². The van der Waals surface area contributed by atoms with Crippen LogP contribution in [0.2, 0.25) is 0 Å². The second kappa shape index (κ2) is 4.45. The molecule has 0 aliphatic rings. The van der Waals surface area contributed by atoms with Gasteiger partial charge in [-0.25, -0.2) is 0 Å². The highest BCUT2D eigenvalue weighted by Gasteiger charge is 2.05. The van der Waals surface area contributed by atoms with Gasteiger partial charge in [-0.05, 0) is 22.9 Å². The van der Waals surface area contributed by atoms with Crippen LogP contribution in [0.1, 0.15) is 10.4 Å². The van der Waals surface area contributed by atoms with Crippen molar-refractivity contribution >= 4 is 48.4 Å². The van der Waals surface area contributed by atoms with Crippen LogP contribution in [0, 0.1) is 0 Å². The molecule has 0 aliphatic carbocycles. The van der Waals surface area contributed by atoms with E-state index in [2.05, 4.69) is 31.9 Å². The number of halogens is 2. The predicted octanol–water partition coefficient (Wildman–Crippen LogP) is 4.18. The van der Waals surface area contributed by atoms with Crippen LogP contribution >= 0.6 is 31.9 Å². The van der Waals surface area contributed by atoms with E-state index in [0.29, 0.717) is 5.33 Å². The van der Waals surface area contributed by atoms with Crippen molar-refractivity contribution in [2.75, 3.05) is 5.33 Å². The van der Waals surface area contributed by atoms with Crippen molar-refractivity contribution < 1.29 is 4.79 Å². The second-order valence-electron chi connectivity index (χ2n) is 3.23. The molecule has 0 radical (unpaired) electrons. The van der Waals surface area contributed by atoms with E-state index in [0.717, 1.165) is 20.8 Å². The van der Waals surface area contributed by atoms with Crippen molar-refractivity contribution in [1.29, 1.82) is 0 Å². The van der Waals surface area contributed by atoms with Crippen LogP contribution in [0.15, 0.2) is 40.9 Å². The van der Waals surface area contributed by atoms with Crippen molar-refractivity contribution in [2.24, 2.45) is 0 Å². The summed E-state index contributed by atoms with van der Waals surface area (Å²) in [6.07, 6.45) is 0. The van der Waals surface area contributed by atoms with E-state index in [9.17, 15) is 4.79 Å². The molecule has 0 aromatic heterocycles. The molecule has 0 unspecified atom stereocenters. The molecule has 2 aromatic rings. The summed E-state index contributed by atoms with van der Waals surface area (Å²) < 4.78 is 1.05. The number of fused-ring (bicyclic) bond motifs is 1. The third-order valence-corrected chi connectivity index (χ3v) is 3.47. The average molecular weight is 328 g/mol. The van der Waals surface area contributed by atoms with Gasteiger partial charge in [0.1, 0.15) is 0 Å². The van der Waals surface area contributed by atoms with Crippen LogP contribution in [-0.4, -0.2) is 11.1 Å². The number of carbonyl (C=O) groups is 1. The van der Waals surface area contributed by atoms with Gasteiger partial charge in [0.2, 0.25) is 0 Å². The van der Waals surface area contributed by atoms with Crippen LogP contribution < -0.4 is 0 Å². The number of hydrogen-bond acceptors (Lipinski definition) is 1. The summed E-state index contributed by atoms with van der Waals surface area (Å²) in [5.74, 6) is 0.108. The molecule has 1 nitrogen and oxygen atoms in total. The Morgan fingerprint density at radius 3 is 2.73 bits per heavy atom. The first kappa shape index (κ1) is 10.8. The van der Waals surface area contributed by atoms with E-state index in [4.69, 9.17) is 0 Å². The number of alkyl halides is 1. The van der Waals surface area contributed by atoms with Gasteiger partial charge in [-0.3, -0.25) is 4.79 Å². The predicted molar refractivity (Wildman–Crippen MR) is 69.8 cm³/mol. The van der Waals surface area contributed by atoms with E-state index in [1.807, 2.05) is 36.4 Å². The first-order valence-electron chi connectivity index (χ1n) is 4.50. The Hall–Kier alpha value is -0.670. The summed E-state index contributed by atoms with van der Waals surface area (Å²) in [4.78, 5) is 11.5. The number of hydrogen-bond donors (Lipinski definition) is 0. The minimum atomic E-state index is 0.108. The maximum absolute atomic E-state index is 11.5. The summed E-state index contributed by atoms with van der Waals surface area (Å²) in [6.45, 7) is 0. The molecule has 0 saturated carbocycles. The molecule has 76 valence electrons. The Morgan fingerprint density at radius 1 is 1.20 bits per heavy atom. The quantitative estimate of drug-likeness (QED) is 0.597. The van der Waals surface area contributed by atoms with Gasteiger partial charge in [0.25, 0.3) is 0 Å². The largest absolute Gasteiger partial charge is 0.293 e. The summed E-state index contributed by atoms with van der Waals surface area (Å²) in [5.41, 5.74) is 0.748. The fourth-order valence-corrected chi connectivity index (χ4v) is 2.33. The molecule has 15 heavy (non-hydrogen) atoms. The third-order valence-electron chi connectivity index (χ3n) is 2.27. The van der Waals surface area contributed by atoms with Gasteiger partial charge < -0.3 is 0 Å². The Labute approximate surface area is 105 Å². The van der Waals surface area contributed by atoms with Crippen molar-refractivity contribution in [1.82, 2.24) is 0 Å². The SMILES string of the molecule is O=C(CBr)c1ccc2c(Br)cccc2c1. The summed E-state index contributed by atoms with van der Waals surface area (Å²) >= 11 is 6.65. The molecule has 0 fully saturated rings. The summed E-state index contributed by atoms with van der Waals surface area (Å²) in [6, 6.07) is 11.7. The fourth-order valence-electron chi connectivity index (χ4n) is 1.49. The molecule has 0 heterocycles. The fraction of sp³-hybridized carbons (Fsp3) is 0.0833. The van der Waals surface area contributed by atoms with Gasteiger partial charge in [0.05, 0.1) is 5.33 Å². The molecule has 2 aromatic carbocycles. The first-order valence-corrected chi connectivity index (χ1v) is 6.41. The molecule has 3 heteroatoms. The normalized spacial score (nSPS) is 10.5. The highest BCUT2D eigenvalue weighted by Crippen LogP contribution is 2.24. The lowest BCUT2D eigenvalue weighted by Gasteiger charge is -2.02. The van der Waals surface area contributed by atoms with E-state index in [1.54, 1.807) is 0 Å². The van der Waals surface area contributed by atoms with Gasteiger partial charge in [0.15, 0.2) is 5.78 Å². The number of Topliss-reactive ketones (excluding diaryl/α,β-unsaturated/α-hetero) is 1. The van der Waals surface area contributed by atoms with Crippen LogP contribution in [0.4, 0.5) is 0 Å². The maximum Gasteiger partial charge on any atom is 0.173 e. The van der Waals surface area contributed by atoms with Gasteiger partial charge in [-0.1, -0.05) is 56.1 Å². The van der Waals surface area contributed by atoms with Crippen molar-refractivity contribution in [2.45, 2.75) is 0 Å². The summed E-state index contributed by atoms with van der Waals surface area (Å²) in [7, 11) is 0. The monoisotopic (exact) mass is 326 g/mol. The van der Waals surface area contributed by atoms with Crippen LogP contribution in [0.3, 0.4) is 0 Å². The maximum atomic E-state index is 11.5. The van der Waals surface area contributed by atoms with Crippen LogP contribution in [0.25, 0.3) is 10.8 Å².